The number of likely N-dealkylation sites (N-methyl/N-ethyl adjacent to an activating group) is 1. The van der Waals surface area contributed by atoms with E-state index in [0.29, 0.717) is 37.6 Å². The van der Waals surface area contributed by atoms with Crippen LogP contribution in [-0.4, -0.2) is 60.9 Å². The lowest BCUT2D eigenvalue weighted by Gasteiger charge is -2.32. The lowest BCUT2D eigenvalue weighted by atomic mass is 9.97. The predicted octanol–water partition coefficient (Wildman–Crippen LogP) is 2.61. The number of rotatable bonds is 6. The summed E-state index contributed by atoms with van der Waals surface area (Å²) in [5.74, 6) is -0.701. The minimum atomic E-state index is -0.250. The average Bonchev–Trinajstić information content (AvgIpc) is 2.67. The van der Waals surface area contributed by atoms with E-state index in [9.17, 15) is 14.4 Å². The van der Waals surface area contributed by atoms with Gasteiger partial charge in [-0.25, -0.2) is 0 Å². The highest BCUT2D eigenvalue weighted by Crippen LogP contribution is 2.19. The van der Waals surface area contributed by atoms with Gasteiger partial charge in [-0.1, -0.05) is 23.7 Å². The van der Waals surface area contributed by atoms with Gasteiger partial charge in [0.2, 0.25) is 11.8 Å². The molecule has 0 aromatic heterocycles. The average molecular weight is 393 g/mol. The third kappa shape index (κ3) is 6.40. The van der Waals surface area contributed by atoms with E-state index >= 15 is 0 Å². The van der Waals surface area contributed by atoms with Crippen LogP contribution < -0.4 is 0 Å². The number of carbonyl (C=O) groups excluding carboxylic acids is 3. The number of piperidine rings is 1. The van der Waals surface area contributed by atoms with E-state index in [-0.39, 0.29) is 30.2 Å². The van der Waals surface area contributed by atoms with Gasteiger partial charge in [0, 0.05) is 31.2 Å². The van der Waals surface area contributed by atoms with Crippen molar-refractivity contribution in [3.8, 4) is 0 Å². The van der Waals surface area contributed by atoms with E-state index in [4.69, 9.17) is 16.3 Å². The molecule has 146 valence electrons. The first-order chi connectivity index (χ1) is 12.9. The Kier molecular flexibility index (Phi) is 7.85. The summed E-state index contributed by atoms with van der Waals surface area (Å²) in [6, 6.07) is 7.12. The van der Waals surface area contributed by atoms with Crippen molar-refractivity contribution in [2.24, 2.45) is 5.92 Å². The fraction of sp³-hybridized carbons (Fsp3) is 0.450. The number of benzene rings is 1. The minimum absolute atomic E-state index is 0.00780. The quantitative estimate of drug-likeness (QED) is 0.551. The summed E-state index contributed by atoms with van der Waals surface area (Å²) in [6.45, 7) is 3.17. The number of amides is 2. The molecule has 6 nitrogen and oxygen atoms in total. The van der Waals surface area contributed by atoms with Crippen molar-refractivity contribution in [2.45, 2.75) is 19.8 Å². The Bertz CT molecular complexity index is 694. The molecule has 2 amide bonds. The number of hydrogen-bond donors (Lipinski definition) is 0. The zero-order chi connectivity index (χ0) is 19.8. The predicted molar refractivity (Wildman–Crippen MR) is 104 cm³/mol. The van der Waals surface area contributed by atoms with E-state index in [1.54, 1.807) is 37.1 Å². The number of esters is 1. The first-order valence-electron chi connectivity index (χ1n) is 9.04. The van der Waals surface area contributed by atoms with Gasteiger partial charge in [0.05, 0.1) is 19.1 Å². The van der Waals surface area contributed by atoms with E-state index in [2.05, 4.69) is 0 Å². The molecule has 1 aromatic carbocycles. The van der Waals surface area contributed by atoms with Crippen LogP contribution in [-0.2, 0) is 19.1 Å². The van der Waals surface area contributed by atoms with Gasteiger partial charge < -0.3 is 14.5 Å². The summed E-state index contributed by atoms with van der Waals surface area (Å²) in [7, 11) is 1.60. The molecule has 1 aliphatic heterocycles. The van der Waals surface area contributed by atoms with E-state index in [0.717, 1.165) is 5.56 Å². The second-order valence-electron chi connectivity index (χ2n) is 6.49. The molecule has 0 spiro atoms. The highest BCUT2D eigenvalue weighted by Gasteiger charge is 2.28. The molecular weight excluding hydrogens is 368 g/mol. The van der Waals surface area contributed by atoms with Gasteiger partial charge in [0.25, 0.3) is 0 Å². The third-order valence-corrected chi connectivity index (χ3v) is 4.76. The van der Waals surface area contributed by atoms with Crippen LogP contribution in [0.4, 0.5) is 0 Å². The van der Waals surface area contributed by atoms with Crippen LogP contribution in [0.2, 0.25) is 5.02 Å². The van der Waals surface area contributed by atoms with Gasteiger partial charge in [-0.3, -0.25) is 14.4 Å². The van der Waals surface area contributed by atoms with Crippen LogP contribution in [0.5, 0.6) is 0 Å². The molecule has 0 radical (unpaired) electrons. The zero-order valence-electron chi connectivity index (χ0n) is 15.7. The number of nitrogens with zero attached hydrogens (tertiary/aromatic N) is 2. The van der Waals surface area contributed by atoms with Gasteiger partial charge in [0.1, 0.15) is 0 Å². The first-order valence-corrected chi connectivity index (χ1v) is 9.41. The largest absolute Gasteiger partial charge is 0.466 e. The molecule has 7 heteroatoms. The van der Waals surface area contributed by atoms with E-state index in [1.165, 1.54) is 11.0 Å². The highest BCUT2D eigenvalue weighted by molar-refractivity contribution is 6.30. The Morgan fingerprint density at radius 2 is 1.85 bits per heavy atom. The van der Waals surface area contributed by atoms with Crippen LogP contribution in [0.3, 0.4) is 0 Å². The van der Waals surface area contributed by atoms with Crippen LogP contribution in [0, 0.1) is 5.92 Å². The van der Waals surface area contributed by atoms with Gasteiger partial charge in [0.15, 0.2) is 0 Å². The lowest BCUT2D eigenvalue weighted by Crippen LogP contribution is -2.45. The molecule has 0 saturated carbocycles. The van der Waals surface area contributed by atoms with Gasteiger partial charge in [-0.15, -0.1) is 0 Å². The zero-order valence-corrected chi connectivity index (χ0v) is 16.4. The first kappa shape index (κ1) is 21.0. The molecule has 0 aliphatic carbocycles. The molecule has 0 unspecified atom stereocenters. The molecule has 1 aliphatic rings. The molecule has 0 N–H and O–H groups in total. The van der Waals surface area contributed by atoms with Crippen molar-refractivity contribution in [3.05, 3.63) is 40.9 Å². The summed E-state index contributed by atoms with van der Waals surface area (Å²) in [5.41, 5.74) is 0.855. The Labute approximate surface area is 164 Å². The fourth-order valence-electron chi connectivity index (χ4n) is 2.87. The summed E-state index contributed by atoms with van der Waals surface area (Å²) in [5, 5.41) is 0.632. The third-order valence-electron chi connectivity index (χ3n) is 4.50. The molecule has 1 aromatic rings. The number of ether oxygens (including phenoxy) is 1. The maximum atomic E-state index is 12.4. The molecule has 1 fully saturated rings. The maximum Gasteiger partial charge on any atom is 0.309 e. The Hall–Kier alpha value is -2.34. The van der Waals surface area contributed by atoms with Crippen molar-refractivity contribution < 1.29 is 19.1 Å². The molecule has 1 heterocycles. The standard InChI is InChI=1S/C20H25ClN2O4/c1-3-27-20(26)16-10-12-23(13-11-16)19(25)14-22(2)18(24)9-6-15-4-7-17(21)8-5-15/h4-9,16H,3,10-14H2,1-2H3/b9-6+. The summed E-state index contributed by atoms with van der Waals surface area (Å²) >= 11 is 5.83. The van der Waals surface area contributed by atoms with Crippen molar-refractivity contribution >= 4 is 35.5 Å². The SMILES string of the molecule is CCOC(=O)C1CCN(C(=O)CN(C)C(=O)/C=C/c2ccc(Cl)cc2)CC1. The molecular formula is C20H25ClN2O4. The minimum Gasteiger partial charge on any atom is -0.466 e. The number of likely N-dealkylation sites (tertiary alicyclic amines) is 1. The summed E-state index contributed by atoms with van der Waals surface area (Å²) < 4.78 is 5.03. The van der Waals surface area contributed by atoms with E-state index in [1.807, 2.05) is 12.1 Å². The van der Waals surface area contributed by atoms with Crippen molar-refractivity contribution in [3.63, 3.8) is 0 Å². The summed E-state index contributed by atoms with van der Waals surface area (Å²) in [4.78, 5) is 39.4. The number of halogens is 1. The highest BCUT2D eigenvalue weighted by atomic mass is 35.5. The van der Waals surface area contributed by atoms with Gasteiger partial charge in [-0.2, -0.15) is 0 Å². The topological polar surface area (TPSA) is 66.9 Å². The molecule has 0 bridgehead atoms. The van der Waals surface area contributed by atoms with Crippen LogP contribution >= 0.6 is 11.6 Å². The smallest absolute Gasteiger partial charge is 0.309 e. The van der Waals surface area contributed by atoms with Gasteiger partial charge in [-0.05, 0) is 43.5 Å². The molecule has 1 saturated heterocycles. The van der Waals surface area contributed by atoms with Gasteiger partial charge >= 0.3 is 5.97 Å². The number of carbonyl (C=O) groups is 3. The lowest BCUT2D eigenvalue weighted by molar-refractivity contribution is -0.151. The maximum absolute atomic E-state index is 12.4. The van der Waals surface area contributed by atoms with Crippen LogP contribution in [0.15, 0.2) is 30.3 Å². The Morgan fingerprint density at radius 3 is 2.44 bits per heavy atom. The Morgan fingerprint density at radius 1 is 1.22 bits per heavy atom. The van der Waals surface area contributed by atoms with Crippen LogP contribution in [0.1, 0.15) is 25.3 Å². The van der Waals surface area contributed by atoms with Crippen LogP contribution in [0.25, 0.3) is 6.08 Å². The number of hydrogen-bond acceptors (Lipinski definition) is 4. The van der Waals surface area contributed by atoms with Crippen molar-refractivity contribution in [1.29, 1.82) is 0 Å². The fourth-order valence-corrected chi connectivity index (χ4v) is 3.00. The Balaban J connectivity index is 1.80. The second-order valence-corrected chi connectivity index (χ2v) is 6.92. The molecule has 0 atom stereocenters. The molecule has 2 rings (SSSR count). The normalized spacial score (nSPS) is 15.0. The van der Waals surface area contributed by atoms with Crippen molar-refractivity contribution in [2.75, 3.05) is 33.3 Å². The van der Waals surface area contributed by atoms with E-state index < -0.39 is 0 Å². The summed E-state index contributed by atoms with van der Waals surface area (Å²) in [6.07, 6.45) is 4.31. The van der Waals surface area contributed by atoms with Crippen molar-refractivity contribution in [1.82, 2.24) is 9.80 Å². The second kappa shape index (κ2) is 10.1. The molecule has 27 heavy (non-hydrogen) atoms. The monoisotopic (exact) mass is 392 g/mol.